The second-order valence-electron chi connectivity index (χ2n) is 3.97. The molecule has 1 N–H and O–H groups in total. The van der Waals surface area contributed by atoms with Gasteiger partial charge in [-0.25, -0.2) is 4.98 Å². The highest BCUT2D eigenvalue weighted by molar-refractivity contribution is 6.42. The van der Waals surface area contributed by atoms with Gasteiger partial charge in [0, 0.05) is 11.1 Å². The van der Waals surface area contributed by atoms with Crippen molar-refractivity contribution in [3.63, 3.8) is 0 Å². The number of hydrogen-bond acceptors (Lipinski definition) is 2. The summed E-state index contributed by atoms with van der Waals surface area (Å²) in [6, 6.07) is 5.16. The standard InChI is InChI=1S/C13H12Cl2N2O/c1-3-11-7(2)13(18)17-12(16-11)8-4-5-9(14)10(15)6-8/h4-6H,3H2,1-2H3,(H,16,17,18). The van der Waals surface area contributed by atoms with Gasteiger partial charge in [0.25, 0.3) is 5.56 Å². The molecule has 0 saturated heterocycles. The van der Waals surface area contributed by atoms with E-state index in [4.69, 9.17) is 23.2 Å². The van der Waals surface area contributed by atoms with Crippen LogP contribution in [0, 0.1) is 6.92 Å². The Bertz CT molecular complexity index is 650. The van der Waals surface area contributed by atoms with E-state index in [2.05, 4.69) is 9.97 Å². The number of benzene rings is 1. The lowest BCUT2D eigenvalue weighted by Crippen LogP contribution is -2.15. The summed E-state index contributed by atoms with van der Waals surface area (Å²) in [4.78, 5) is 19.0. The van der Waals surface area contributed by atoms with E-state index in [1.807, 2.05) is 6.92 Å². The monoisotopic (exact) mass is 282 g/mol. The molecule has 94 valence electrons. The molecule has 1 aromatic carbocycles. The zero-order valence-corrected chi connectivity index (χ0v) is 11.6. The Kier molecular flexibility index (Phi) is 3.73. The molecular formula is C13H12Cl2N2O. The minimum absolute atomic E-state index is 0.122. The number of halogens is 2. The Morgan fingerprint density at radius 3 is 2.61 bits per heavy atom. The molecule has 3 nitrogen and oxygen atoms in total. The number of nitrogens with one attached hydrogen (secondary N) is 1. The number of aromatic amines is 1. The molecule has 2 rings (SSSR count). The molecule has 0 aliphatic carbocycles. The number of nitrogens with zero attached hydrogens (tertiary/aromatic N) is 1. The predicted octanol–water partition coefficient (Wildman–Crippen LogP) is 3.61. The van der Waals surface area contributed by atoms with Crippen LogP contribution in [-0.4, -0.2) is 9.97 Å². The molecule has 0 bridgehead atoms. The maximum Gasteiger partial charge on any atom is 0.254 e. The third kappa shape index (κ3) is 2.42. The van der Waals surface area contributed by atoms with E-state index in [1.165, 1.54) is 0 Å². The minimum atomic E-state index is -0.122. The number of H-pyrrole nitrogens is 1. The molecule has 0 spiro atoms. The maximum absolute atomic E-state index is 11.8. The molecule has 1 heterocycles. The lowest BCUT2D eigenvalue weighted by Gasteiger charge is -2.06. The quantitative estimate of drug-likeness (QED) is 0.915. The molecule has 5 heteroatoms. The molecule has 0 unspecified atom stereocenters. The highest BCUT2D eigenvalue weighted by atomic mass is 35.5. The van der Waals surface area contributed by atoms with Gasteiger partial charge in [0.05, 0.1) is 15.7 Å². The van der Waals surface area contributed by atoms with Crippen LogP contribution in [0.15, 0.2) is 23.0 Å². The predicted molar refractivity (Wildman–Crippen MR) is 74.4 cm³/mol. The van der Waals surface area contributed by atoms with Crippen molar-refractivity contribution >= 4 is 23.2 Å². The zero-order valence-electron chi connectivity index (χ0n) is 10.1. The average Bonchev–Trinajstić information content (AvgIpc) is 2.36. The fraction of sp³-hybridized carbons (Fsp3) is 0.231. The first-order valence-corrected chi connectivity index (χ1v) is 6.33. The van der Waals surface area contributed by atoms with Crippen molar-refractivity contribution in [3.05, 3.63) is 49.9 Å². The van der Waals surface area contributed by atoms with Crippen LogP contribution in [0.1, 0.15) is 18.2 Å². The summed E-state index contributed by atoms with van der Waals surface area (Å²) >= 11 is 11.8. The lowest BCUT2D eigenvalue weighted by molar-refractivity contribution is 0.955. The molecule has 1 aromatic heterocycles. The first-order valence-electron chi connectivity index (χ1n) is 5.58. The van der Waals surface area contributed by atoms with Crippen LogP contribution in [0.2, 0.25) is 10.0 Å². The van der Waals surface area contributed by atoms with E-state index in [9.17, 15) is 4.79 Å². The fourth-order valence-corrected chi connectivity index (χ4v) is 2.00. The second kappa shape index (κ2) is 5.12. The molecule has 0 atom stereocenters. The van der Waals surface area contributed by atoms with Gasteiger partial charge in [0.15, 0.2) is 0 Å². The summed E-state index contributed by atoms with van der Waals surface area (Å²) in [5, 5.41) is 0.918. The van der Waals surface area contributed by atoms with Gasteiger partial charge in [0.2, 0.25) is 0 Å². The number of aromatic nitrogens is 2. The largest absolute Gasteiger partial charge is 0.306 e. The van der Waals surface area contributed by atoms with Crippen LogP contribution in [0.5, 0.6) is 0 Å². The topological polar surface area (TPSA) is 45.8 Å². The highest BCUT2D eigenvalue weighted by Gasteiger charge is 2.09. The Labute approximate surface area is 115 Å². The van der Waals surface area contributed by atoms with Gasteiger partial charge in [-0.2, -0.15) is 0 Å². The summed E-state index contributed by atoms with van der Waals surface area (Å²) in [5.74, 6) is 0.515. The van der Waals surface area contributed by atoms with Crippen molar-refractivity contribution in [1.82, 2.24) is 9.97 Å². The van der Waals surface area contributed by atoms with Gasteiger partial charge in [0.1, 0.15) is 5.82 Å². The van der Waals surface area contributed by atoms with Crippen LogP contribution in [0.25, 0.3) is 11.4 Å². The average molecular weight is 283 g/mol. The molecule has 0 amide bonds. The summed E-state index contributed by atoms with van der Waals surface area (Å²) in [5.41, 5.74) is 2.07. The van der Waals surface area contributed by atoms with Crippen molar-refractivity contribution in [1.29, 1.82) is 0 Å². The van der Waals surface area contributed by atoms with Crippen LogP contribution < -0.4 is 5.56 Å². The van der Waals surface area contributed by atoms with Gasteiger partial charge >= 0.3 is 0 Å². The molecule has 2 aromatic rings. The molecule has 0 aliphatic rings. The van der Waals surface area contributed by atoms with Gasteiger partial charge in [-0.1, -0.05) is 30.1 Å². The van der Waals surface area contributed by atoms with E-state index in [0.29, 0.717) is 27.9 Å². The summed E-state index contributed by atoms with van der Waals surface area (Å²) in [7, 11) is 0. The highest BCUT2D eigenvalue weighted by Crippen LogP contribution is 2.26. The van der Waals surface area contributed by atoms with E-state index in [1.54, 1.807) is 25.1 Å². The Balaban J connectivity index is 2.60. The summed E-state index contributed by atoms with van der Waals surface area (Å²) < 4.78 is 0. The Morgan fingerprint density at radius 2 is 2.00 bits per heavy atom. The third-order valence-electron chi connectivity index (χ3n) is 2.78. The maximum atomic E-state index is 11.8. The zero-order chi connectivity index (χ0) is 13.3. The van der Waals surface area contributed by atoms with Crippen molar-refractivity contribution in [2.24, 2.45) is 0 Å². The SMILES string of the molecule is CCc1nc(-c2ccc(Cl)c(Cl)c2)[nH]c(=O)c1C. The lowest BCUT2D eigenvalue weighted by atomic mass is 10.1. The van der Waals surface area contributed by atoms with Crippen LogP contribution >= 0.6 is 23.2 Å². The Hall–Kier alpha value is -1.32. The first kappa shape index (κ1) is 13.1. The first-order chi connectivity index (χ1) is 8.52. The number of hydrogen-bond donors (Lipinski definition) is 1. The Morgan fingerprint density at radius 1 is 1.28 bits per heavy atom. The van der Waals surface area contributed by atoms with E-state index in [-0.39, 0.29) is 5.56 Å². The number of rotatable bonds is 2. The van der Waals surface area contributed by atoms with Gasteiger partial charge in [-0.3, -0.25) is 4.79 Å². The van der Waals surface area contributed by atoms with Crippen LogP contribution in [0.4, 0.5) is 0 Å². The van der Waals surface area contributed by atoms with Gasteiger partial charge in [-0.15, -0.1) is 0 Å². The fourth-order valence-electron chi connectivity index (χ4n) is 1.70. The van der Waals surface area contributed by atoms with Crippen LogP contribution in [-0.2, 0) is 6.42 Å². The van der Waals surface area contributed by atoms with E-state index in [0.717, 1.165) is 11.3 Å². The van der Waals surface area contributed by atoms with Crippen LogP contribution in [0.3, 0.4) is 0 Å². The van der Waals surface area contributed by atoms with E-state index >= 15 is 0 Å². The number of aryl methyl sites for hydroxylation is 1. The third-order valence-corrected chi connectivity index (χ3v) is 3.52. The molecule has 0 radical (unpaired) electrons. The van der Waals surface area contributed by atoms with Crippen molar-refractivity contribution < 1.29 is 0 Å². The molecule has 0 saturated carbocycles. The van der Waals surface area contributed by atoms with Crippen molar-refractivity contribution in [2.45, 2.75) is 20.3 Å². The molecule has 18 heavy (non-hydrogen) atoms. The molecule has 0 aliphatic heterocycles. The smallest absolute Gasteiger partial charge is 0.254 e. The summed E-state index contributed by atoms with van der Waals surface area (Å²) in [6.45, 7) is 3.73. The second-order valence-corrected chi connectivity index (χ2v) is 4.78. The summed E-state index contributed by atoms with van der Waals surface area (Å²) in [6.07, 6.45) is 0.712. The van der Waals surface area contributed by atoms with Gasteiger partial charge < -0.3 is 4.98 Å². The normalized spacial score (nSPS) is 10.7. The van der Waals surface area contributed by atoms with Gasteiger partial charge in [-0.05, 0) is 31.5 Å². The molecular weight excluding hydrogens is 271 g/mol. The minimum Gasteiger partial charge on any atom is -0.306 e. The molecule has 0 fully saturated rings. The van der Waals surface area contributed by atoms with Crippen molar-refractivity contribution in [3.8, 4) is 11.4 Å². The van der Waals surface area contributed by atoms with E-state index < -0.39 is 0 Å². The van der Waals surface area contributed by atoms with Crippen molar-refractivity contribution in [2.75, 3.05) is 0 Å².